The van der Waals surface area contributed by atoms with Crippen molar-refractivity contribution < 1.29 is 8.78 Å². The summed E-state index contributed by atoms with van der Waals surface area (Å²) >= 11 is 0. The molecule has 0 radical (unpaired) electrons. The second kappa shape index (κ2) is 4.26. The Morgan fingerprint density at radius 3 is 3.12 bits per heavy atom. The van der Waals surface area contributed by atoms with E-state index in [1.54, 1.807) is 6.08 Å². The molecule has 0 bridgehead atoms. The molecule has 2 nitrogen and oxygen atoms in total. The van der Waals surface area contributed by atoms with Gasteiger partial charge in [-0.1, -0.05) is 12.2 Å². The van der Waals surface area contributed by atoms with Crippen LogP contribution in [-0.4, -0.2) is 31.0 Å². The lowest BCUT2D eigenvalue weighted by atomic mass is 9.84. The molecule has 0 aromatic rings. The van der Waals surface area contributed by atoms with Crippen molar-refractivity contribution in [1.29, 1.82) is 0 Å². The Morgan fingerprint density at radius 1 is 1.41 bits per heavy atom. The molecule has 17 heavy (non-hydrogen) atoms. The van der Waals surface area contributed by atoms with Gasteiger partial charge in [0, 0.05) is 31.5 Å². The Balaban J connectivity index is 2.04. The van der Waals surface area contributed by atoms with Crippen LogP contribution in [0.15, 0.2) is 35.2 Å². The van der Waals surface area contributed by atoms with Gasteiger partial charge in [0.2, 0.25) is 6.43 Å². The van der Waals surface area contributed by atoms with Crippen LogP contribution in [0.2, 0.25) is 0 Å². The molecule has 0 spiro atoms. The number of nitrogens with zero attached hydrogens (tertiary/aromatic N) is 1. The lowest BCUT2D eigenvalue weighted by Crippen LogP contribution is -2.30. The molecule has 0 amide bonds. The zero-order valence-electron chi connectivity index (χ0n) is 9.63. The maximum Gasteiger partial charge on any atom is 0.248 e. The SMILES string of the molecule is FC(F)[C@H]1C=CN2CCNCC3=CCCC1=C32. The van der Waals surface area contributed by atoms with Gasteiger partial charge in [-0.25, -0.2) is 8.78 Å². The maximum absolute atomic E-state index is 13.0. The lowest BCUT2D eigenvalue weighted by Gasteiger charge is -2.35. The number of halogens is 2. The van der Waals surface area contributed by atoms with E-state index in [2.05, 4.69) is 16.3 Å². The van der Waals surface area contributed by atoms with Crippen molar-refractivity contribution in [2.45, 2.75) is 19.3 Å². The van der Waals surface area contributed by atoms with Crippen molar-refractivity contribution in [2.75, 3.05) is 19.6 Å². The van der Waals surface area contributed by atoms with E-state index in [1.165, 1.54) is 5.57 Å². The molecule has 3 aliphatic rings. The van der Waals surface area contributed by atoms with Crippen molar-refractivity contribution in [3.8, 4) is 0 Å². The normalized spacial score (nSPS) is 28.1. The highest BCUT2D eigenvalue weighted by molar-refractivity contribution is 5.44. The van der Waals surface area contributed by atoms with Gasteiger partial charge in [-0.3, -0.25) is 0 Å². The predicted octanol–water partition coefficient (Wildman–Crippen LogP) is 2.27. The van der Waals surface area contributed by atoms with Crippen LogP contribution in [0.5, 0.6) is 0 Å². The first kappa shape index (κ1) is 11.0. The minimum Gasteiger partial charge on any atom is -0.347 e. The summed E-state index contributed by atoms with van der Waals surface area (Å²) in [4.78, 5) is 2.12. The number of hydrogen-bond donors (Lipinski definition) is 1. The summed E-state index contributed by atoms with van der Waals surface area (Å²) in [7, 11) is 0. The van der Waals surface area contributed by atoms with E-state index in [1.807, 2.05) is 6.20 Å². The quantitative estimate of drug-likeness (QED) is 0.754. The number of rotatable bonds is 1. The predicted molar refractivity (Wildman–Crippen MR) is 62.6 cm³/mol. The van der Waals surface area contributed by atoms with Crippen LogP contribution in [0.1, 0.15) is 12.8 Å². The van der Waals surface area contributed by atoms with Gasteiger partial charge in [-0.05, 0) is 24.0 Å². The van der Waals surface area contributed by atoms with Gasteiger partial charge in [-0.2, -0.15) is 0 Å². The fourth-order valence-corrected chi connectivity index (χ4v) is 2.90. The van der Waals surface area contributed by atoms with Crippen LogP contribution in [0.25, 0.3) is 0 Å². The van der Waals surface area contributed by atoms with Crippen molar-refractivity contribution in [2.24, 2.45) is 5.92 Å². The minimum absolute atomic E-state index is 0.678. The highest BCUT2D eigenvalue weighted by atomic mass is 19.3. The summed E-state index contributed by atoms with van der Waals surface area (Å²) < 4.78 is 26.1. The molecule has 92 valence electrons. The van der Waals surface area contributed by atoms with Gasteiger partial charge >= 0.3 is 0 Å². The molecule has 0 aromatic carbocycles. The molecular weight excluding hydrogens is 222 g/mol. The molecule has 3 rings (SSSR count). The zero-order valence-corrected chi connectivity index (χ0v) is 9.63. The van der Waals surface area contributed by atoms with Crippen molar-refractivity contribution >= 4 is 0 Å². The Hall–Kier alpha value is -1.16. The Bertz CT molecular complexity index is 410. The average Bonchev–Trinajstić information content (AvgIpc) is 2.54. The van der Waals surface area contributed by atoms with Crippen molar-refractivity contribution in [3.05, 3.63) is 35.2 Å². The second-order valence-electron chi connectivity index (χ2n) is 4.71. The molecular formula is C13H16F2N2. The molecule has 1 fully saturated rings. The molecule has 0 saturated carbocycles. The van der Waals surface area contributed by atoms with Gasteiger partial charge in [0.1, 0.15) is 0 Å². The van der Waals surface area contributed by atoms with Gasteiger partial charge in [-0.15, -0.1) is 0 Å². The smallest absolute Gasteiger partial charge is 0.248 e. The van der Waals surface area contributed by atoms with Gasteiger partial charge < -0.3 is 10.2 Å². The fraction of sp³-hybridized carbons (Fsp3) is 0.538. The van der Waals surface area contributed by atoms with Crippen LogP contribution in [0.3, 0.4) is 0 Å². The highest BCUT2D eigenvalue weighted by Gasteiger charge is 2.33. The third-order valence-corrected chi connectivity index (χ3v) is 3.69. The van der Waals surface area contributed by atoms with Gasteiger partial charge in [0.05, 0.1) is 5.92 Å². The number of nitrogens with one attached hydrogen (secondary N) is 1. The summed E-state index contributed by atoms with van der Waals surface area (Å²) in [5.41, 5.74) is 3.19. The second-order valence-corrected chi connectivity index (χ2v) is 4.71. The van der Waals surface area contributed by atoms with Crippen LogP contribution in [0.4, 0.5) is 8.78 Å². The fourth-order valence-electron chi connectivity index (χ4n) is 2.90. The Kier molecular flexibility index (Phi) is 2.74. The largest absolute Gasteiger partial charge is 0.347 e. The lowest BCUT2D eigenvalue weighted by molar-refractivity contribution is 0.110. The summed E-state index contributed by atoms with van der Waals surface area (Å²) in [6.45, 7) is 2.57. The first-order valence-corrected chi connectivity index (χ1v) is 6.13. The summed E-state index contributed by atoms with van der Waals surface area (Å²) in [6, 6.07) is 0. The van der Waals surface area contributed by atoms with Crippen molar-refractivity contribution in [1.82, 2.24) is 10.2 Å². The number of allylic oxidation sites excluding steroid dienone is 3. The molecule has 1 atom stereocenters. The molecule has 2 heterocycles. The van der Waals surface area contributed by atoms with Crippen LogP contribution in [-0.2, 0) is 0 Å². The molecule has 1 aliphatic carbocycles. The van der Waals surface area contributed by atoms with E-state index >= 15 is 0 Å². The first-order chi connectivity index (χ1) is 8.27. The summed E-state index contributed by atoms with van der Waals surface area (Å²) in [5, 5.41) is 3.34. The highest BCUT2D eigenvalue weighted by Crippen LogP contribution is 2.39. The number of alkyl halides is 2. The molecule has 1 N–H and O–H groups in total. The third-order valence-electron chi connectivity index (χ3n) is 3.69. The first-order valence-electron chi connectivity index (χ1n) is 6.13. The molecule has 0 unspecified atom stereocenters. The summed E-state index contributed by atoms with van der Waals surface area (Å²) in [6.07, 6.45) is 5.06. The zero-order chi connectivity index (χ0) is 11.8. The topological polar surface area (TPSA) is 15.3 Å². The average molecular weight is 238 g/mol. The molecule has 2 aliphatic heterocycles. The van der Waals surface area contributed by atoms with Gasteiger partial charge in [0.25, 0.3) is 0 Å². The molecule has 1 saturated heterocycles. The standard InChI is InChI=1S/C13H16F2N2/c14-13(15)11-4-6-17-7-5-16-8-9-2-1-3-10(11)12(9)17/h2,4,6,11,13,16H,1,3,5,7-8H2/t11-/m0/s1. The van der Waals surface area contributed by atoms with E-state index in [0.29, 0.717) is 0 Å². The van der Waals surface area contributed by atoms with Gasteiger partial charge in [0.15, 0.2) is 0 Å². The van der Waals surface area contributed by atoms with E-state index in [0.717, 1.165) is 43.7 Å². The third kappa shape index (κ3) is 1.80. The summed E-state index contributed by atoms with van der Waals surface area (Å²) in [5.74, 6) is -0.678. The van der Waals surface area contributed by atoms with E-state index in [9.17, 15) is 8.78 Å². The minimum atomic E-state index is -2.29. The Labute approximate surface area is 99.7 Å². The Morgan fingerprint density at radius 2 is 2.29 bits per heavy atom. The molecule has 4 heteroatoms. The van der Waals surface area contributed by atoms with Crippen LogP contribution < -0.4 is 5.32 Å². The van der Waals surface area contributed by atoms with E-state index in [4.69, 9.17) is 0 Å². The van der Waals surface area contributed by atoms with E-state index in [-0.39, 0.29) is 0 Å². The number of hydrogen-bond acceptors (Lipinski definition) is 2. The molecule has 0 aromatic heterocycles. The monoisotopic (exact) mass is 238 g/mol. The van der Waals surface area contributed by atoms with E-state index < -0.39 is 12.3 Å². The van der Waals surface area contributed by atoms with Crippen molar-refractivity contribution in [3.63, 3.8) is 0 Å². The van der Waals surface area contributed by atoms with Crippen LogP contribution >= 0.6 is 0 Å². The van der Waals surface area contributed by atoms with Crippen LogP contribution in [0, 0.1) is 5.92 Å². The maximum atomic E-state index is 13.0.